The second kappa shape index (κ2) is 6.04. The Balaban J connectivity index is 2.27. The van der Waals surface area contributed by atoms with Crippen LogP contribution in [0.25, 0.3) is 0 Å². The number of nitrogen functional groups attached to an aromatic ring is 1. The summed E-state index contributed by atoms with van der Waals surface area (Å²) >= 11 is 5.89. The lowest BCUT2D eigenvalue weighted by atomic mass is 10.1. The van der Waals surface area contributed by atoms with Gasteiger partial charge in [-0.05, 0) is 12.5 Å². The molecule has 4 N–H and O–H groups in total. The standard InChI is InChI=1S/C11H13ClN4O4/c12-8-3-6(4-9(16(18)19)10(8)15-13)11(17)14-7-1-2-20-5-7/h3-4,7,15H,1-2,5,13H2,(H,14,17). The number of hydrazine groups is 1. The maximum atomic E-state index is 12.0. The molecule has 1 aliphatic heterocycles. The minimum Gasteiger partial charge on any atom is -0.379 e. The van der Waals surface area contributed by atoms with Crippen molar-refractivity contribution in [3.05, 3.63) is 32.8 Å². The maximum absolute atomic E-state index is 12.0. The third-order valence-electron chi connectivity index (χ3n) is 2.94. The molecule has 2 rings (SSSR count). The fourth-order valence-corrected chi connectivity index (χ4v) is 2.20. The average Bonchev–Trinajstić information content (AvgIpc) is 2.90. The minimum atomic E-state index is -0.656. The van der Waals surface area contributed by atoms with Crippen molar-refractivity contribution in [2.45, 2.75) is 12.5 Å². The van der Waals surface area contributed by atoms with E-state index >= 15 is 0 Å². The molecule has 20 heavy (non-hydrogen) atoms. The summed E-state index contributed by atoms with van der Waals surface area (Å²) in [6.07, 6.45) is 0.712. The number of hydrogen-bond acceptors (Lipinski definition) is 6. The number of nitrogens with two attached hydrogens (primary N) is 1. The van der Waals surface area contributed by atoms with Gasteiger partial charge in [-0.3, -0.25) is 20.8 Å². The van der Waals surface area contributed by atoms with E-state index in [0.717, 1.165) is 6.07 Å². The minimum absolute atomic E-state index is 0.00882. The molecule has 1 aliphatic rings. The summed E-state index contributed by atoms with van der Waals surface area (Å²) in [7, 11) is 0. The fourth-order valence-electron chi connectivity index (χ4n) is 1.93. The van der Waals surface area contributed by atoms with Gasteiger partial charge in [-0.2, -0.15) is 0 Å². The number of amides is 1. The van der Waals surface area contributed by atoms with Crippen LogP contribution in [-0.4, -0.2) is 30.1 Å². The van der Waals surface area contributed by atoms with Gasteiger partial charge in [0, 0.05) is 18.2 Å². The highest BCUT2D eigenvalue weighted by Crippen LogP contribution is 2.33. The lowest BCUT2D eigenvalue weighted by Gasteiger charge is -2.12. The first kappa shape index (κ1) is 14.5. The molecule has 1 fully saturated rings. The number of rotatable bonds is 4. The van der Waals surface area contributed by atoms with Crippen LogP contribution in [0.4, 0.5) is 11.4 Å². The van der Waals surface area contributed by atoms with Crippen molar-refractivity contribution in [2.75, 3.05) is 18.6 Å². The molecule has 0 aliphatic carbocycles. The number of nitrogens with one attached hydrogen (secondary N) is 2. The second-order valence-corrected chi connectivity index (χ2v) is 4.69. The molecular weight excluding hydrogens is 288 g/mol. The van der Waals surface area contributed by atoms with Gasteiger partial charge in [0.25, 0.3) is 11.6 Å². The van der Waals surface area contributed by atoms with Crippen LogP contribution in [0.5, 0.6) is 0 Å². The number of hydrogen-bond donors (Lipinski definition) is 3. The maximum Gasteiger partial charge on any atom is 0.295 e. The quantitative estimate of drug-likeness (QED) is 0.434. The number of halogens is 1. The first-order chi connectivity index (χ1) is 9.52. The smallest absolute Gasteiger partial charge is 0.295 e. The summed E-state index contributed by atoms with van der Waals surface area (Å²) in [6, 6.07) is 2.37. The Bertz CT molecular complexity index is 545. The van der Waals surface area contributed by atoms with E-state index in [9.17, 15) is 14.9 Å². The largest absolute Gasteiger partial charge is 0.379 e. The number of nitrogens with zero attached hydrogens (tertiary/aromatic N) is 1. The van der Waals surface area contributed by atoms with E-state index in [2.05, 4.69) is 10.7 Å². The summed E-state index contributed by atoms with van der Waals surface area (Å²) in [5, 5.41) is 13.7. The summed E-state index contributed by atoms with van der Waals surface area (Å²) < 4.78 is 5.14. The fraction of sp³-hybridized carbons (Fsp3) is 0.364. The summed E-state index contributed by atoms with van der Waals surface area (Å²) in [6.45, 7) is 1.02. The van der Waals surface area contributed by atoms with Crippen molar-refractivity contribution in [2.24, 2.45) is 5.84 Å². The first-order valence-electron chi connectivity index (χ1n) is 5.86. The molecule has 108 valence electrons. The van der Waals surface area contributed by atoms with Gasteiger partial charge in [0.1, 0.15) is 5.69 Å². The SMILES string of the molecule is NNc1c(Cl)cc(C(=O)NC2CCOC2)cc1[N+](=O)[O-]. The van der Waals surface area contributed by atoms with Gasteiger partial charge in [0.2, 0.25) is 0 Å². The van der Waals surface area contributed by atoms with Crippen LogP contribution in [-0.2, 0) is 4.74 Å². The third kappa shape index (κ3) is 2.98. The summed E-state index contributed by atoms with van der Waals surface area (Å²) in [4.78, 5) is 22.3. The van der Waals surface area contributed by atoms with Gasteiger partial charge >= 0.3 is 0 Å². The molecule has 1 aromatic carbocycles. The highest BCUT2D eigenvalue weighted by molar-refractivity contribution is 6.34. The number of nitro benzene ring substituents is 1. The molecule has 9 heteroatoms. The van der Waals surface area contributed by atoms with E-state index in [1.54, 1.807) is 0 Å². The van der Waals surface area contributed by atoms with Gasteiger partial charge in [-0.25, -0.2) is 0 Å². The zero-order chi connectivity index (χ0) is 14.7. The lowest BCUT2D eigenvalue weighted by Crippen LogP contribution is -2.35. The Morgan fingerprint density at radius 1 is 1.55 bits per heavy atom. The van der Waals surface area contributed by atoms with Crippen LogP contribution in [0.3, 0.4) is 0 Å². The topological polar surface area (TPSA) is 120 Å². The Hall–Kier alpha value is -1.90. The molecule has 8 nitrogen and oxygen atoms in total. The average molecular weight is 301 g/mol. The van der Waals surface area contributed by atoms with E-state index < -0.39 is 10.8 Å². The zero-order valence-electron chi connectivity index (χ0n) is 10.4. The third-order valence-corrected chi connectivity index (χ3v) is 3.24. The Kier molecular flexibility index (Phi) is 4.38. The van der Waals surface area contributed by atoms with Crippen molar-refractivity contribution in [1.29, 1.82) is 0 Å². The lowest BCUT2D eigenvalue weighted by molar-refractivity contribution is -0.384. The van der Waals surface area contributed by atoms with Gasteiger partial charge in [0.05, 0.1) is 22.6 Å². The first-order valence-corrected chi connectivity index (χ1v) is 6.24. The Labute approximate surface area is 119 Å². The number of carbonyl (C=O) groups excluding carboxylic acids is 1. The molecule has 1 aromatic rings. The van der Waals surface area contributed by atoms with Gasteiger partial charge in [-0.15, -0.1) is 0 Å². The summed E-state index contributed by atoms with van der Waals surface area (Å²) in [5.74, 6) is 4.76. The van der Waals surface area contributed by atoms with Crippen molar-refractivity contribution in [3.63, 3.8) is 0 Å². The Morgan fingerprint density at radius 2 is 2.30 bits per heavy atom. The number of ether oxygens (including phenoxy) is 1. The van der Waals surface area contributed by atoms with E-state index in [1.165, 1.54) is 6.07 Å². The van der Waals surface area contributed by atoms with E-state index in [-0.39, 0.29) is 28.0 Å². The molecule has 0 saturated carbocycles. The monoisotopic (exact) mass is 300 g/mol. The molecule has 1 saturated heterocycles. The van der Waals surface area contributed by atoms with Crippen LogP contribution in [0.15, 0.2) is 12.1 Å². The molecule has 1 amide bonds. The van der Waals surface area contributed by atoms with Crippen molar-refractivity contribution in [3.8, 4) is 0 Å². The molecule has 1 unspecified atom stereocenters. The van der Waals surface area contributed by atoms with Crippen LogP contribution < -0.4 is 16.6 Å². The highest BCUT2D eigenvalue weighted by atomic mass is 35.5. The predicted octanol–water partition coefficient (Wildman–Crippen LogP) is 1.05. The number of anilines is 1. The molecule has 0 spiro atoms. The van der Waals surface area contributed by atoms with Crippen LogP contribution in [0.1, 0.15) is 16.8 Å². The molecule has 1 heterocycles. The normalized spacial score (nSPS) is 17.8. The van der Waals surface area contributed by atoms with Crippen LogP contribution in [0, 0.1) is 10.1 Å². The molecule has 1 atom stereocenters. The molecular formula is C11H13ClN4O4. The molecule has 0 aromatic heterocycles. The van der Waals surface area contributed by atoms with E-state index in [1.807, 2.05) is 0 Å². The van der Waals surface area contributed by atoms with E-state index in [4.69, 9.17) is 22.2 Å². The highest BCUT2D eigenvalue weighted by Gasteiger charge is 2.23. The summed E-state index contributed by atoms with van der Waals surface area (Å²) in [5.41, 5.74) is 1.88. The van der Waals surface area contributed by atoms with Crippen molar-refractivity contribution < 1.29 is 14.5 Å². The zero-order valence-corrected chi connectivity index (χ0v) is 11.1. The number of nitro groups is 1. The predicted molar refractivity (Wildman–Crippen MR) is 72.6 cm³/mol. The number of carbonyl (C=O) groups is 1. The second-order valence-electron chi connectivity index (χ2n) is 4.29. The Morgan fingerprint density at radius 3 is 2.85 bits per heavy atom. The van der Waals surface area contributed by atoms with Gasteiger partial charge < -0.3 is 15.5 Å². The molecule has 0 radical (unpaired) electrons. The van der Waals surface area contributed by atoms with Crippen LogP contribution >= 0.6 is 11.6 Å². The van der Waals surface area contributed by atoms with Crippen molar-refractivity contribution >= 4 is 28.9 Å². The van der Waals surface area contributed by atoms with Crippen molar-refractivity contribution in [1.82, 2.24) is 5.32 Å². The van der Waals surface area contributed by atoms with Gasteiger partial charge in [-0.1, -0.05) is 11.6 Å². The van der Waals surface area contributed by atoms with Gasteiger partial charge in [0.15, 0.2) is 0 Å². The van der Waals surface area contributed by atoms with Crippen LogP contribution in [0.2, 0.25) is 5.02 Å². The number of benzene rings is 1. The van der Waals surface area contributed by atoms with E-state index in [0.29, 0.717) is 19.6 Å². The molecule has 0 bridgehead atoms.